The Hall–Kier alpha value is -2.84. The lowest BCUT2D eigenvalue weighted by molar-refractivity contribution is -0.384. The van der Waals surface area contributed by atoms with Gasteiger partial charge in [-0.05, 0) is 38.4 Å². The van der Waals surface area contributed by atoms with Crippen molar-refractivity contribution in [1.82, 2.24) is 15.5 Å². The van der Waals surface area contributed by atoms with Gasteiger partial charge >= 0.3 is 11.9 Å². The van der Waals surface area contributed by atoms with Crippen molar-refractivity contribution in [2.75, 3.05) is 19.6 Å². The van der Waals surface area contributed by atoms with Crippen molar-refractivity contribution in [3.8, 4) is 0 Å². The van der Waals surface area contributed by atoms with Crippen LogP contribution in [0.2, 0.25) is 0 Å². The van der Waals surface area contributed by atoms with Crippen molar-refractivity contribution >= 4 is 35.3 Å². The number of nitro groups is 1. The molecule has 0 saturated carbocycles. The summed E-state index contributed by atoms with van der Waals surface area (Å²) in [6.07, 6.45) is 0.182. The zero-order valence-corrected chi connectivity index (χ0v) is 22.4. The number of benzene rings is 1. The third-order valence-corrected chi connectivity index (χ3v) is 9.72. The van der Waals surface area contributed by atoms with E-state index in [1.807, 2.05) is 6.92 Å². The van der Waals surface area contributed by atoms with E-state index in [0.29, 0.717) is 17.9 Å². The van der Waals surface area contributed by atoms with Crippen LogP contribution >= 0.6 is 11.8 Å². The van der Waals surface area contributed by atoms with Gasteiger partial charge in [-0.3, -0.25) is 14.9 Å². The number of hydrogen-bond donors (Lipinski definition) is 4. The van der Waals surface area contributed by atoms with Gasteiger partial charge in [0.2, 0.25) is 5.91 Å². The molecule has 210 valence electrons. The molecule has 4 aliphatic heterocycles. The molecule has 1 aromatic rings. The van der Waals surface area contributed by atoms with Crippen molar-refractivity contribution in [1.29, 1.82) is 0 Å². The van der Waals surface area contributed by atoms with Crippen LogP contribution in [0.4, 0.5) is 5.69 Å². The van der Waals surface area contributed by atoms with Crippen LogP contribution < -0.4 is 10.6 Å². The average molecular weight is 561 g/mol. The van der Waals surface area contributed by atoms with Crippen molar-refractivity contribution < 1.29 is 34.3 Å². The Morgan fingerprint density at radius 3 is 2.54 bits per heavy atom. The fourth-order valence-electron chi connectivity index (χ4n) is 6.14. The molecule has 1 amide bonds. The number of ether oxygens (including phenoxy) is 1. The van der Waals surface area contributed by atoms with E-state index in [1.165, 1.54) is 28.8 Å². The lowest BCUT2D eigenvalue weighted by Gasteiger charge is -2.46. The Bertz CT molecular complexity index is 1200. The summed E-state index contributed by atoms with van der Waals surface area (Å²) >= 11 is 1.44. The van der Waals surface area contributed by atoms with E-state index in [4.69, 9.17) is 4.74 Å². The molecule has 8 atom stereocenters. The Labute approximate surface area is 229 Å². The highest BCUT2D eigenvalue weighted by Gasteiger charge is 2.60. The summed E-state index contributed by atoms with van der Waals surface area (Å²) in [6, 6.07) is 4.16. The smallest absolute Gasteiger partial charge is 0.363 e. The third-order valence-electron chi connectivity index (χ3n) is 8.21. The number of hydrogen-bond acceptors (Lipinski definition) is 11. The molecule has 0 spiro atoms. The summed E-state index contributed by atoms with van der Waals surface area (Å²) < 4.78 is 5.15. The molecular formula is C26H32N4O8S. The molecule has 13 heteroatoms. The van der Waals surface area contributed by atoms with E-state index in [1.54, 1.807) is 6.92 Å². The summed E-state index contributed by atoms with van der Waals surface area (Å²) in [5.41, 5.74) is -0.250. The number of rotatable bonds is 8. The number of nitro benzene ring substituents is 1. The van der Waals surface area contributed by atoms with Crippen LogP contribution in [0.3, 0.4) is 0 Å². The Balaban J connectivity index is 1.35. The summed E-state index contributed by atoms with van der Waals surface area (Å²) in [6.45, 7) is 5.69. The van der Waals surface area contributed by atoms with Crippen molar-refractivity contribution in [3.05, 3.63) is 50.5 Å². The lowest BCUT2D eigenvalue weighted by Crippen LogP contribution is -2.63. The van der Waals surface area contributed by atoms with Crippen molar-refractivity contribution in [2.24, 2.45) is 17.8 Å². The van der Waals surface area contributed by atoms with Gasteiger partial charge in [0.25, 0.3) is 5.69 Å². The molecular weight excluding hydrogens is 528 g/mol. The highest BCUT2D eigenvalue weighted by Crippen LogP contribution is 2.52. The zero-order chi connectivity index (χ0) is 28.0. The highest BCUT2D eigenvalue weighted by atomic mass is 32.2. The molecule has 0 aliphatic carbocycles. The molecule has 0 aromatic heterocycles. The summed E-state index contributed by atoms with van der Waals surface area (Å²) in [4.78, 5) is 51.3. The maximum atomic E-state index is 13.4. The molecule has 4 heterocycles. The second kappa shape index (κ2) is 11.0. The van der Waals surface area contributed by atoms with Crippen molar-refractivity contribution in [3.63, 3.8) is 0 Å². The number of aliphatic hydroxyl groups excluding tert-OH is 2. The zero-order valence-electron chi connectivity index (χ0n) is 21.6. The SMILES string of the molecule is C[C@@H](O)[C@H]1C(=O)N2C(C(=O)OC(=O)c3ccc([N+](=O)[O-])cc3)=C(S[C@@H]3CN[C@H]([C@H](O)[C@@H]4CCNC4)C3)[C@H](C)[C@H]12. The minimum atomic E-state index is -0.987. The standard InChI is InChI=1S/C26H32N4O8S/c1-12-20-19(13(2)31)24(33)29(20)21(26(35)38-25(34)14-3-5-16(6-4-14)30(36)37)23(12)39-17-9-18(28-11-17)22(32)15-7-8-27-10-15/h3-6,12-13,15,17-20,22,27-28,31-32H,7-11H2,1-2H3/t12-,13-,15-,17+,18+,19-,20-,22-/m1/s1. The highest BCUT2D eigenvalue weighted by molar-refractivity contribution is 8.03. The molecule has 12 nitrogen and oxygen atoms in total. The van der Waals surface area contributed by atoms with E-state index in [2.05, 4.69) is 10.6 Å². The number of esters is 2. The molecule has 5 rings (SSSR count). The summed E-state index contributed by atoms with van der Waals surface area (Å²) in [5.74, 6) is -3.13. The minimum Gasteiger partial charge on any atom is -0.393 e. The van der Waals surface area contributed by atoms with Crippen LogP contribution in [0.25, 0.3) is 0 Å². The van der Waals surface area contributed by atoms with Crippen LogP contribution in [-0.2, 0) is 14.3 Å². The van der Waals surface area contributed by atoms with Gasteiger partial charge in [-0.2, -0.15) is 0 Å². The second-order valence-corrected chi connectivity index (χ2v) is 12.0. The van der Waals surface area contributed by atoms with E-state index in [9.17, 15) is 34.7 Å². The van der Waals surface area contributed by atoms with Gasteiger partial charge in [-0.1, -0.05) is 6.92 Å². The number of non-ortho nitro benzene ring substituents is 1. The number of nitrogens with zero attached hydrogens (tertiary/aromatic N) is 2. The van der Waals surface area contributed by atoms with Gasteiger partial charge < -0.3 is 30.5 Å². The lowest BCUT2D eigenvalue weighted by atomic mass is 9.79. The number of fused-ring (bicyclic) bond motifs is 1. The van der Waals surface area contributed by atoms with E-state index >= 15 is 0 Å². The van der Waals surface area contributed by atoms with Crippen LogP contribution in [-0.4, -0.2) is 87.1 Å². The van der Waals surface area contributed by atoms with Crippen LogP contribution in [0.15, 0.2) is 34.9 Å². The first kappa shape index (κ1) is 27.7. The maximum absolute atomic E-state index is 13.4. The molecule has 4 aliphatic rings. The van der Waals surface area contributed by atoms with E-state index in [-0.39, 0.29) is 40.1 Å². The van der Waals surface area contributed by atoms with Gasteiger partial charge in [0.1, 0.15) is 5.70 Å². The molecule has 3 saturated heterocycles. The quantitative estimate of drug-likeness (QED) is 0.116. The van der Waals surface area contributed by atoms with Crippen LogP contribution in [0.1, 0.15) is 37.0 Å². The number of aliphatic hydroxyl groups is 2. The number of nitrogens with one attached hydrogen (secondary N) is 2. The van der Waals surface area contributed by atoms with Gasteiger partial charge in [-0.15, -0.1) is 11.8 Å². The summed E-state index contributed by atoms with van der Waals surface area (Å²) in [7, 11) is 0. The van der Waals surface area contributed by atoms with Gasteiger partial charge in [0.15, 0.2) is 0 Å². The fourth-order valence-corrected chi connectivity index (χ4v) is 7.63. The van der Waals surface area contributed by atoms with Crippen LogP contribution in [0.5, 0.6) is 0 Å². The first-order valence-corrected chi connectivity index (χ1v) is 14.0. The number of thioether (sulfide) groups is 1. The first-order chi connectivity index (χ1) is 18.6. The summed E-state index contributed by atoms with van der Waals surface area (Å²) in [5, 5.41) is 38.7. The number of carbonyl (C=O) groups is 3. The van der Waals surface area contributed by atoms with Gasteiger partial charge in [0.05, 0.1) is 34.7 Å². The predicted molar refractivity (Wildman–Crippen MR) is 140 cm³/mol. The second-order valence-electron chi connectivity index (χ2n) is 10.7. The molecule has 3 fully saturated rings. The topological polar surface area (TPSA) is 171 Å². The number of carbonyl (C=O) groups excluding carboxylic acids is 3. The van der Waals surface area contributed by atoms with E-state index < -0.39 is 46.9 Å². The number of amides is 1. The molecule has 0 radical (unpaired) electrons. The molecule has 0 unspecified atom stereocenters. The molecule has 39 heavy (non-hydrogen) atoms. The average Bonchev–Trinajstić information content (AvgIpc) is 3.64. The van der Waals surface area contributed by atoms with E-state index in [0.717, 1.165) is 31.6 Å². The van der Waals surface area contributed by atoms with Gasteiger partial charge in [-0.25, -0.2) is 9.59 Å². The van der Waals surface area contributed by atoms with Gasteiger partial charge in [0, 0.05) is 53.3 Å². The number of β-lactam (4-membered cyclic amide) rings is 1. The Morgan fingerprint density at radius 2 is 1.92 bits per heavy atom. The molecule has 0 bridgehead atoms. The normalized spacial score (nSPS) is 31.6. The third kappa shape index (κ3) is 5.09. The molecule has 1 aromatic carbocycles. The fraction of sp³-hybridized carbons (Fsp3) is 0.577. The minimum absolute atomic E-state index is 0.00125. The van der Waals surface area contributed by atoms with Crippen LogP contribution in [0, 0.1) is 27.9 Å². The predicted octanol–water partition coefficient (Wildman–Crippen LogP) is 0.781. The van der Waals surface area contributed by atoms with Crippen molar-refractivity contribution in [2.45, 2.75) is 56.2 Å². The monoisotopic (exact) mass is 560 g/mol. The Kier molecular flexibility index (Phi) is 7.80. The largest absolute Gasteiger partial charge is 0.393 e. The Morgan fingerprint density at radius 1 is 1.21 bits per heavy atom. The molecule has 4 N–H and O–H groups in total. The first-order valence-electron chi connectivity index (χ1n) is 13.1. The maximum Gasteiger partial charge on any atom is 0.363 e.